The van der Waals surface area contributed by atoms with Crippen molar-refractivity contribution in [1.82, 2.24) is 4.98 Å². The van der Waals surface area contributed by atoms with Crippen molar-refractivity contribution in [2.45, 2.75) is 70.1 Å². The quantitative estimate of drug-likeness (QED) is 0.641. The van der Waals surface area contributed by atoms with E-state index >= 15 is 0 Å². The Morgan fingerprint density at radius 2 is 1.54 bits per heavy atom. The molecule has 0 amide bonds. The first-order valence-corrected chi connectivity index (χ1v) is 10.4. The molecule has 1 aromatic carbocycles. The molecule has 2 aromatic rings. The van der Waals surface area contributed by atoms with Crippen LogP contribution in [0.15, 0.2) is 16.5 Å². The molecule has 2 nitrogen and oxygen atoms in total. The Balaban J connectivity index is 2.78. The molecule has 1 aromatic heterocycles. The van der Waals surface area contributed by atoms with E-state index in [1.807, 2.05) is 0 Å². The van der Waals surface area contributed by atoms with Crippen LogP contribution in [0, 0.1) is 0 Å². The first-order valence-electron chi connectivity index (χ1n) is 8.41. The zero-order chi connectivity index (χ0) is 18.3. The fourth-order valence-electron chi connectivity index (χ4n) is 2.80. The standard InChI is InChI=1S/C20H29NOS2/c1-9-15-16(21-18(23-8)24-15)12-10-13(19(2,3)4)17(22)14(11-12)20(5,6)7/h10-11,22H,9H2,1-8H3. The number of aromatic hydroxyl groups is 1. The van der Waals surface area contributed by atoms with E-state index in [-0.39, 0.29) is 10.8 Å². The Hall–Kier alpha value is -1.00. The van der Waals surface area contributed by atoms with Gasteiger partial charge in [0.1, 0.15) is 5.75 Å². The molecular formula is C20H29NOS2. The maximum atomic E-state index is 10.9. The second-order valence-corrected chi connectivity index (χ2v) is 10.4. The first-order chi connectivity index (χ1) is 11.0. The van der Waals surface area contributed by atoms with Crippen LogP contribution in [0.2, 0.25) is 0 Å². The summed E-state index contributed by atoms with van der Waals surface area (Å²) in [6.07, 6.45) is 3.05. The van der Waals surface area contributed by atoms with Crippen molar-refractivity contribution in [1.29, 1.82) is 0 Å². The van der Waals surface area contributed by atoms with Crippen LogP contribution in [0.5, 0.6) is 5.75 Å². The summed E-state index contributed by atoms with van der Waals surface area (Å²) in [7, 11) is 0. The fraction of sp³-hybridized carbons (Fsp3) is 0.550. The summed E-state index contributed by atoms with van der Waals surface area (Å²) in [5, 5.41) is 10.9. The van der Waals surface area contributed by atoms with Crippen molar-refractivity contribution in [2.24, 2.45) is 0 Å². The van der Waals surface area contributed by atoms with E-state index in [4.69, 9.17) is 4.98 Å². The molecule has 0 radical (unpaired) electrons. The van der Waals surface area contributed by atoms with E-state index in [1.165, 1.54) is 4.88 Å². The van der Waals surface area contributed by atoms with Gasteiger partial charge in [-0.2, -0.15) is 0 Å². The van der Waals surface area contributed by atoms with Gasteiger partial charge in [-0.15, -0.1) is 11.3 Å². The van der Waals surface area contributed by atoms with Gasteiger partial charge in [-0.25, -0.2) is 4.98 Å². The van der Waals surface area contributed by atoms with E-state index in [0.717, 1.165) is 33.1 Å². The predicted molar refractivity (Wildman–Crippen MR) is 108 cm³/mol. The molecule has 4 heteroatoms. The molecule has 0 saturated heterocycles. The monoisotopic (exact) mass is 363 g/mol. The van der Waals surface area contributed by atoms with Crippen LogP contribution in [-0.4, -0.2) is 16.3 Å². The van der Waals surface area contributed by atoms with E-state index in [9.17, 15) is 5.11 Å². The summed E-state index contributed by atoms with van der Waals surface area (Å²) in [4.78, 5) is 6.16. The molecule has 132 valence electrons. The minimum atomic E-state index is -0.120. The number of rotatable bonds is 3. The Bertz CT molecular complexity index is 698. The summed E-state index contributed by atoms with van der Waals surface area (Å²) in [6, 6.07) is 4.26. The number of aromatic nitrogens is 1. The minimum absolute atomic E-state index is 0.120. The molecule has 0 spiro atoms. The van der Waals surface area contributed by atoms with Crippen LogP contribution >= 0.6 is 23.1 Å². The molecular weight excluding hydrogens is 334 g/mol. The molecule has 1 N–H and O–H groups in total. The Morgan fingerprint density at radius 1 is 1.04 bits per heavy atom. The van der Waals surface area contributed by atoms with Crippen molar-refractivity contribution in [3.63, 3.8) is 0 Å². The van der Waals surface area contributed by atoms with Crippen LogP contribution in [0.25, 0.3) is 11.3 Å². The van der Waals surface area contributed by atoms with Gasteiger partial charge in [-0.3, -0.25) is 0 Å². The van der Waals surface area contributed by atoms with Gasteiger partial charge in [0.15, 0.2) is 4.34 Å². The van der Waals surface area contributed by atoms with Crippen molar-refractivity contribution < 1.29 is 5.11 Å². The number of nitrogens with zero attached hydrogens (tertiary/aromatic N) is 1. The summed E-state index contributed by atoms with van der Waals surface area (Å²) >= 11 is 3.47. The molecule has 0 saturated carbocycles. The lowest BCUT2D eigenvalue weighted by atomic mass is 9.78. The number of thioether (sulfide) groups is 1. The van der Waals surface area contributed by atoms with Crippen molar-refractivity contribution >= 4 is 23.1 Å². The van der Waals surface area contributed by atoms with Gasteiger partial charge in [0.05, 0.1) is 5.69 Å². The highest BCUT2D eigenvalue weighted by atomic mass is 32.2. The van der Waals surface area contributed by atoms with E-state index in [0.29, 0.717) is 5.75 Å². The fourth-order valence-corrected chi connectivity index (χ4v) is 4.37. The third kappa shape index (κ3) is 3.80. The average Bonchev–Trinajstić information content (AvgIpc) is 2.88. The summed E-state index contributed by atoms with van der Waals surface area (Å²) in [5.74, 6) is 0.428. The molecule has 0 atom stereocenters. The molecule has 0 aliphatic carbocycles. The van der Waals surface area contributed by atoms with Gasteiger partial charge in [0.2, 0.25) is 0 Å². The van der Waals surface area contributed by atoms with Gasteiger partial charge in [0.25, 0.3) is 0 Å². The van der Waals surface area contributed by atoms with Crippen LogP contribution in [-0.2, 0) is 17.3 Å². The molecule has 24 heavy (non-hydrogen) atoms. The van der Waals surface area contributed by atoms with Crippen molar-refractivity contribution in [3.8, 4) is 17.0 Å². The van der Waals surface area contributed by atoms with Crippen LogP contribution in [0.1, 0.15) is 64.5 Å². The van der Waals surface area contributed by atoms with Gasteiger partial charge in [-0.1, -0.05) is 60.2 Å². The predicted octanol–water partition coefficient (Wildman–Crippen LogP) is 6.40. The van der Waals surface area contributed by atoms with Crippen molar-refractivity contribution in [3.05, 3.63) is 28.1 Å². The van der Waals surface area contributed by atoms with Crippen molar-refractivity contribution in [2.75, 3.05) is 6.26 Å². The number of benzene rings is 1. The highest BCUT2D eigenvalue weighted by Crippen LogP contribution is 2.43. The Morgan fingerprint density at radius 3 is 1.92 bits per heavy atom. The number of phenols is 1. The smallest absolute Gasteiger partial charge is 0.150 e. The zero-order valence-electron chi connectivity index (χ0n) is 16.1. The number of hydrogen-bond donors (Lipinski definition) is 1. The van der Waals surface area contributed by atoms with Crippen LogP contribution in [0.3, 0.4) is 0 Å². The second kappa shape index (κ2) is 6.72. The molecule has 0 fully saturated rings. The van der Waals surface area contributed by atoms with Crippen LogP contribution < -0.4 is 0 Å². The maximum absolute atomic E-state index is 10.9. The van der Waals surface area contributed by atoms with Gasteiger partial charge in [0, 0.05) is 21.6 Å². The van der Waals surface area contributed by atoms with E-state index < -0.39 is 0 Å². The maximum Gasteiger partial charge on any atom is 0.150 e. The molecule has 0 aliphatic heterocycles. The van der Waals surface area contributed by atoms with Gasteiger partial charge < -0.3 is 5.11 Å². The third-order valence-electron chi connectivity index (χ3n) is 4.17. The lowest BCUT2D eigenvalue weighted by molar-refractivity contribution is 0.423. The van der Waals surface area contributed by atoms with Crippen LogP contribution in [0.4, 0.5) is 0 Å². The molecule has 0 aliphatic rings. The Labute approximate surface area is 154 Å². The second-order valence-electron chi connectivity index (χ2n) is 8.23. The third-order valence-corrected chi connectivity index (χ3v) is 6.36. The molecule has 2 rings (SSSR count). The molecule has 0 bridgehead atoms. The molecule has 1 heterocycles. The lowest BCUT2D eigenvalue weighted by Crippen LogP contribution is -2.17. The minimum Gasteiger partial charge on any atom is -0.507 e. The largest absolute Gasteiger partial charge is 0.507 e. The highest BCUT2D eigenvalue weighted by Gasteiger charge is 2.27. The molecule has 0 unspecified atom stereocenters. The van der Waals surface area contributed by atoms with Gasteiger partial charge >= 0.3 is 0 Å². The number of thiazole rings is 1. The average molecular weight is 364 g/mol. The number of phenolic OH excluding ortho intramolecular Hbond substituents is 1. The summed E-state index contributed by atoms with van der Waals surface area (Å²) in [5.41, 5.74) is 3.94. The van der Waals surface area contributed by atoms with E-state index in [1.54, 1.807) is 23.1 Å². The summed E-state index contributed by atoms with van der Waals surface area (Å²) in [6.45, 7) is 15.1. The highest BCUT2D eigenvalue weighted by molar-refractivity contribution is 8.00. The Kier molecular flexibility index (Phi) is 5.41. The normalized spacial score (nSPS) is 12.7. The number of aryl methyl sites for hydroxylation is 1. The topological polar surface area (TPSA) is 33.1 Å². The summed E-state index contributed by atoms with van der Waals surface area (Å²) < 4.78 is 1.10. The van der Waals surface area contributed by atoms with E-state index in [2.05, 4.69) is 66.9 Å². The van der Waals surface area contributed by atoms with Gasteiger partial charge in [-0.05, 0) is 35.6 Å². The lowest BCUT2D eigenvalue weighted by Gasteiger charge is -2.28. The SMILES string of the molecule is CCc1sc(SC)nc1-c1cc(C(C)(C)C)c(O)c(C(C)(C)C)c1. The zero-order valence-corrected chi connectivity index (χ0v) is 17.7. The first kappa shape index (κ1) is 19.3. The number of hydrogen-bond acceptors (Lipinski definition) is 4.